The van der Waals surface area contributed by atoms with Crippen molar-refractivity contribution >= 4 is 65.5 Å². The molecule has 1 aliphatic carbocycles. The molecular weight excluding hydrogens is 625 g/mol. The fourth-order valence-corrected chi connectivity index (χ4v) is 8.97. The summed E-state index contributed by atoms with van der Waals surface area (Å²) in [5, 5.41) is 19.2. The summed E-state index contributed by atoms with van der Waals surface area (Å²) in [6.07, 6.45) is 7.45. The standard InChI is InChI=1S/C31H32N10O3S2/c32-20-3-1-2-4-21(20)37-31-38-22(25(29(33)43)30-34-15-36-41(30)31)11-17-9-16(10-18-13-35-39-26(17)18)19-14-45-28-23(42)12-24(46-27(19)28)40-5-7-44-8-6-40/h9-10,12-15,20-21H,1-8,11,32H2,(H2,33,43)(H,35,39)(H,37,38)/t20-,21+/m1/s1. The second-order valence-electron chi connectivity index (χ2n) is 11.8. The van der Waals surface area contributed by atoms with Crippen molar-refractivity contribution in [2.45, 2.75) is 44.2 Å². The molecule has 0 radical (unpaired) electrons. The van der Waals surface area contributed by atoms with Crippen LogP contribution < -0.4 is 27.1 Å². The van der Waals surface area contributed by atoms with Crippen molar-refractivity contribution in [3.8, 4) is 11.1 Å². The molecule has 46 heavy (non-hydrogen) atoms. The molecule has 1 aromatic carbocycles. The Labute approximate surface area is 270 Å². The smallest absolute Gasteiger partial charge is 0.254 e. The number of morpholine rings is 1. The number of thiophene rings is 1. The van der Waals surface area contributed by atoms with Crippen molar-refractivity contribution in [1.82, 2.24) is 29.8 Å². The van der Waals surface area contributed by atoms with Crippen molar-refractivity contribution in [2.24, 2.45) is 11.5 Å². The largest absolute Gasteiger partial charge is 0.378 e. The number of fused-ring (bicyclic) bond motifs is 3. The Morgan fingerprint density at radius 3 is 2.83 bits per heavy atom. The van der Waals surface area contributed by atoms with Gasteiger partial charge in [0.05, 0.1) is 45.0 Å². The van der Waals surface area contributed by atoms with Gasteiger partial charge in [-0.2, -0.15) is 14.7 Å². The molecule has 15 heteroatoms. The van der Waals surface area contributed by atoms with E-state index in [9.17, 15) is 9.59 Å². The van der Waals surface area contributed by atoms with Crippen LogP contribution in [0.15, 0.2) is 40.9 Å². The van der Waals surface area contributed by atoms with Crippen LogP contribution >= 0.6 is 22.7 Å². The van der Waals surface area contributed by atoms with E-state index >= 15 is 0 Å². The maximum atomic E-state index is 13.2. The summed E-state index contributed by atoms with van der Waals surface area (Å²) in [5.41, 5.74) is 17.1. The maximum absolute atomic E-state index is 13.2. The number of ether oxygens (including phenoxy) is 1. The Morgan fingerprint density at radius 1 is 1.15 bits per heavy atom. The van der Waals surface area contributed by atoms with E-state index in [2.05, 4.69) is 42.6 Å². The van der Waals surface area contributed by atoms with E-state index in [1.165, 1.54) is 22.2 Å². The molecule has 1 amide bonds. The summed E-state index contributed by atoms with van der Waals surface area (Å²) in [6.45, 7) is 2.79. The average Bonchev–Trinajstić information content (AvgIpc) is 3.83. The Bertz CT molecular complexity index is 2160. The molecule has 0 spiro atoms. The molecule has 2 aliphatic rings. The van der Waals surface area contributed by atoms with Gasteiger partial charge in [-0.25, -0.2) is 9.97 Å². The number of aromatic nitrogens is 6. The van der Waals surface area contributed by atoms with Crippen LogP contribution in [0.2, 0.25) is 0 Å². The molecule has 0 unspecified atom stereocenters. The van der Waals surface area contributed by atoms with Gasteiger partial charge in [0.2, 0.25) is 5.95 Å². The molecular formula is C31H32N10O3S2. The lowest BCUT2D eigenvalue weighted by Crippen LogP contribution is -2.43. The van der Waals surface area contributed by atoms with Gasteiger partial charge in [0.15, 0.2) is 11.1 Å². The zero-order chi connectivity index (χ0) is 31.4. The molecule has 2 atom stereocenters. The minimum Gasteiger partial charge on any atom is -0.378 e. The number of benzene rings is 1. The van der Waals surface area contributed by atoms with Gasteiger partial charge in [0.25, 0.3) is 5.91 Å². The lowest BCUT2D eigenvalue weighted by Gasteiger charge is -2.29. The molecule has 1 saturated carbocycles. The first-order valence-corrected chi connectivity index (χ1v) is 17.0. The third-order valence-corrected chi connectivity index (χ3v) is 11.3. The van der Waals surface area contributed by atoms with Gasteiger partial charge in [-0.1, -0.05) is 12.8 Å². The molecule has 6 N–H and O–H groups in total. The molecule has 6 aromatic rings. The Hall–Kier alpha value is -4.44. The summed E-state index contributed by atoms with van der Waals surface area (Å²) in [5.74, 6) is -0.168. The quantitative estimate of drug-likeness (QED) is 0.198. The van der Waals surface area contributed by atoms with Crippen LogP contribution in [0.25, 0.3) is 37.1 Å². The summed E-state index contributed by atoms with van der Waals surface area (Å²) < 4.78 is 8.74. The normalized spacial score (nSPS) is 18.9. The Kier molecular flexibility index (Phi) is 7.39. The van der Waals surface area contributed by atoms with Crippen LogP contribution in [0.4, 0.5) is 10.9 Å². The van der Waals surface area contributed by atoms with E-state index in [1.54, 1.807) is 23.6 Å². The van der Waals surface area contributed by atoms with Crippen molar-refractivity contribution in [3.05, 3.63) is 63.1 Å². The van der Waals surface area contributed by atoms with Gasteiger partial charge in [-0.15, -0.1) is 22.7 Å². The maximum Gasteiger partial charge on any atom is 0.254 e. The van der Waals surface area contributed by atoms with Gasteiger partial charge in [0.1, 0.15) is 11.9 Å². The highest BCUT2D eigenvalue weighted by molar-refractivity contribution is 7.28. The zero-order valence-corrected chi connectivity index (χ0v) is 26.5. The van der Waals surface area contributed by atoms with Gasteiger partial charge in [0, 0.05) is 54.0 Å². The van der Waals surface area contributed by atoms with E-state index in [4.69, 9.17) is 21.2 Å². The predicted molar refractivity (Wildman–Crippen MR) is 180 cm³/mol. The van der Waals surface area contributed by atoms with Crippen LogP contribution in [-0.4, -0.2) is 74.1 Å². The van der Waals surface area contributed by atoms with Gasteiger partial charge in [-0.05, 0) is 36.1 Å². The van der Waals surface area contributed by atoms with Crippen LogP contribution in [-0.2, 0) is 11.2 Å². The van der Waals surface area contributed by atoms with E-state index in [0.29, 0.717) is 30.5 Å². The number of hydrogen-bond acceptors (Lipinski definition) is 12. The van der Waals surface area contributed by atoms with E-state index < -0.39 is 5.91 Å². The highest BCUT2D eigenvalue weighted by Gasteiger charge is 2.27. The van der Waals surface area contributed by atoms with Crippen LogP contribution in [0.5, 0.6) is 0 Å². The third kappa shape index (κ3) is 5.08. The molecule has 1 aliphatic heterocycles. The Balaban J connectivity index is 1.24. The van der Waals surface area contributed by atoms with E-state index in [-0.39, 0.29) is 29.5 Å². The lowest BCUT2D eigenvalue weighted by molar-refractivity contribution is 0.1000. The third-order valence-electron chi connectivity index (χ3n) is 8.93. The topological polar surface area (TPSA) is 182 Å². The molecule has 8 rings (SSSR count). The monoisotopic (exact) mass is 656 g/mol. The van der Waals surface area contributed by atoms with Crippen LogP contribution in [0, 0.1) is 0 Å². The first-order chi connectivity index (χ1) is 22.4. The highest BCUT2D eigenvalue weighted by atomic mass is 32.1. The number of nitrogens with two attached hydrogens (primary N) is 2. The number of nitrogens with one attached hydrogen (secondary N) is 2. The number of amides is 1. The number of primary amides is 1. The molecule has 0 bridgehead atoms. The minimum absolute atomic E-state index is 0.0185. The number of anilines is 2. The minimum atomic E-state index is -0.636. The van der Waals surface area contributed by atoms with Crippen LogP contribution in [0.3, 0.4) is 0 Å². The second-order valence-corrected chi connectivity index (χ2v) is 13.7. The van der Waals surface area contributed by atoms with Gasteiger partial charge in [-0.3, -0.25) is 14.7 Å². The summed E-state index contributed by atoms with van der Waals surface area (Å²) in [4.78, 5) is 37.6. The SMILES string of the molecule is NC(=O)c1c(Cc2cc(-c3csc4c(=O)cc(N5CCOCC5)sc34)cc3cn[nH]c23)nc(N[C@H]2CCCC[C@H]2N)n2ncnc12. The first kappa shape index (κ1) is 29.0. The molecule has 6 heterocycles. The molecule has 1 saturated heterocycles. The summed E-state index contributed by atoms with van der Waals surface area (Å²) >= 11 is 3.08. The van der Waals surface area contributed by atoms with Crippen molar-refractivity contribution in [1.29, 1.82) is 0 Å². The number of carbonyl (C=O) groups is 1. The van der Waals surface area contributed by atoms with E-state index in [1.807, 2.05) is 5.38 Å². The lowest BCUT2D eigenvalue weighted by atomic mass is 9.91. The van der Waals surface area contributed by atoms with Gasteiger partial charge >= 0.3 is 0 Å². The summed E-state index contributed by atoms with van der Waals surface area (Å²) in [7, 11) is 0. The number of hydrogen-bond donors (Lipinski definition) is 4. The predicted octanol–water partition coefficient (Wildman–Crippen LogP) is 3.51. The highest BCUT2D eigenvalue weighted by Crippen LogP contribution is 2.40. The van der Waals surface area contributed by atoms with Crippen molar-refractivity contribution in [3.63, 3.8) is 0 Å². The van der Waals surface area contributed by atoms with Gasteiger partial charge < -0.3 is 26.4 Å². The zero-order valence-electron chi connectivity index (χ0n) is 24.9. The fourth-order valence-electron chi connectivity index (χ4n) is 6.58. The number of rotatable bonds is 7. The second kappa shape index (κ2) is 11.7. The molecule has 13 nitrogen and oxygen atoms in total. The molecule has 236 valence electrons. The fraction of sp³-hybridized carbons (Fsp3) is 0.355. The summed E-state index contributed by atoms with van der Waals surface area (Å²) in [6, 6.07) is 5.89. The first-order valence-electron chi connectivity index (χ1n) is 15.3. The Morgan fingerprint density at radius 2 is 2.00 bits per heavy atom. The van der Waals surface area contributed by atoms with E-state index in [0.717, 1.165) is 80.8 Å². The number of carbonyl (C=O) groups excluding carboxylic acids is 1. The average molecular weight is 657 g/mol. The number of H-pyrrole nitrogens is 1. The van der Waals surface area contributed by atoms with Crippen molar-refractivity contribution in [2.75, 3.05) is 36.5 Å². The van der Waals surface area contributed by atoms with Crippen molar-refractivity contribution < 1.29 is 9.53 Å². The molecule has 2 fully saturated rings. The molecule has 5 aromatic heterocycles. The number of nitrogens with zero attached hydrogens (tertiary/aromatic N) is 6. The number of aromatic amines is 1. The van der Waals surface area contributed by atoms with Crippen LogP contribution in [0.1, 0.15) is 47.3 Å².